The summed E-state index contributed by atoms with van der Waals surface area (Å²) in [4.78, 5) is 34.7. The van der Waals surface area contributed by atoms with Crippen LogP contribution >= 0.6 is 35.1 Å². The number of pyridine rings is 1. The van der Waals surface area contributed by atoms with Crippen molar-refractivity contribution in [2.45, 2.75) is 25.6 Å². The number of carbonyl (C=O) groups is 1. The monoisotopic (exact) mass is 605 g/mol. The molecule has 1 aromatic heterocycles. The van der Waals surface area contributed by atoms with Gasteiger partial charge in [0, 0.05) is 61.6 Å². The Morgan fingerprint density at radius 1 is 0.976 bits per heavy atom. The fourth-order valence-electron chi connectivity index (χ4n) is 4.78. The predicted octanol–water partition coefficient (Wildman–Crippen LogP) is 6.37. The van der Waals surface area contributed by atoms with Crippen LogP contribution < -0.4 is 15.8 Å². The molecule has 3 heterocycles. The molecule has 210 valence electrons. The van der Waals surface area contributed by atoms with Crippen molar-refractivity contribution in [2.24, 2.45) is 0 Å². The third kappa shape index (κ3) is 6.43. The van der Waals surface area contributed by atoms with Gasteiger partial charge in [0.05, 0.1) is 30.5 Å². The van der Waals surface area contributed by atoms with Crippen molar-refractivity contribution >= 4 is 52.5 Å². The van der Waals surface area contributed by atoms with Crippen LogP contribution in [0.3, 0.4) is 0 Å². The second-order valence-corrected chi connectivity index (χ2v) is 12.1. The first kappa shape index (κ1) is 27.8. The van der Waals surface area contributed by atoms with E-state index >= 15 is 0 Å². The molecule has 6 rings (SSSR count). The number of halogens is 1. The maximum absolute atomic E-state index is 12.6. The number of H-pyrrole nitrogens is 1. The molecule has 0 saturated carbocycles. The number of benzene rings is 3. The van der Waals surface area contributed by atoms with Crippen molar-refractivity contribution in [1.29, 1.82) is 0 Å². The zero-order valence-electron chi connectivity index (χ0n) is 22.1. The number of carbonyl (C=O) groups excluding carboxylic acids is 1. The van der Waals surface area contributed by atoms with E-state index in [0.717, 1.165) is 55.3 Å². The summed E-state index contributed by atoms with van der Waals surface area (Å²) in [5, 5.41) is 3.41. The van der Waals surface area contributed by atoms with Gasteiger partial charge in [-0.2, -0.15) is 0 Å². The third-order valence-electron chi connectivity index (χ3n) is 6.83. The maximum atomic E-state index is 12.6. The highest BCUT2D eigenvalue weighted by Crippen LogP contribution is 2.52. The summed E-state index contributed by atoms with van der Waals surface area (Å²) in [6.07, 6.45) is 0. The van der Waals surface area contributed by atoms with Gasteiger partial charge in [0.15, 0.2) is 0 Å². The van der Waals surface area contributed by atoms with Crippen molar-refractivity contribution in [3.8, 4) is 11.3 Å². The third-order valence-corrected chi connectivity index (χ3v) is 9.80. The SMILES string of the molecule is O=C(OCC(CCl)Nc1ccc2c(c1)Sc1cccc(-c3cc(N4CCOCC4)cc(=O)[nH]3)c1S2)c1ccccc1. The van der Waals surface area contributed by atoms with Crippen LogP contribution in [0.15, 0.2) is 103 Å². The van der Waals surface area contributed by atoms with Gasteiger partial charge in [-0.05, 0) is 42.5 Å². The Bertz CT molecular complexity index is 1610. The lowest BCUT2D eigenvalue weighted by atomic mass is 10.1. The molecule has 0 aliphatic carbocycles. The molecule has 2 N–H and O–H groups in total. The number of anilines is 2. The van der Waals surface area contributed by atoms with Crippen LogP contribution in [0.2, 0.25) is 0 Å². The number of nitrogens with one attached hydrogen (secondary N) is 2. The zero-order valence-corrected chi connectivity index (χ0v) is 24.5. The Kier molecular flexibility index (Phi) is 8.57. The van der Waals surface area contributed by atoms with Crippen LogP contribution in [0.1, 0.15) is 10.4 Å². The largest absolute Gasteiger partial charge is 0.460 e. The minimum atomic E-state index is -0.371. The first-order valence-corrected chi connectivity index (χ1v) is 15.5. The zero-order chi connectivity index (χ0) is 28.2. The Labute approximate surface area is 251 Å². The molecule has 0 amide bonds. The van der Waals surface area contributed by atoms with Crippen LogP contribution in [-0.4, -0.2) is 55.8 Å². The van der Waals surface area contributed by atoms with Gasteiger partial charge < -0.3 is 24.7 Å². The highest BCUT2D eigenvalue weighted by atomic mass is 35.5. The van der Waals surface area contributed by atoms with Crippen molar-refractivity contribution < 1.29 is 14.3 Å². The molecule has 2 aliphatic heterocycles. The van der Waals surface area contributed by atoms with Crippen molar-refractivity contribution in [2.75, 3.05) is 49.0 Å². The van der Waals surface area contributed by atoms with E-state index in [1.807, 2.05) is 18.2 Å². The molecule has 0 radical (unpaired) electrons. The summed E-state index contributed by atoms with van der Waals surface area (Å²) in [5.41, 5.74) is 4.02. The lowest BCUT2D eigenvalue weighted by molar-refractivity contribution is 0.0495. The molecular formula is C31H28ClN3O4S2. The van der Waals surface area contributed by atoms with Gasteiger partial charge in [-0.3, -0.25) is 4.79 Å². The molecule has 7 nitrogen and oxygen atoms in total. The topological polar surface area (TPSA) is 83.7 Å². The molecule has 1 atom stereocenters. The average molecular weight is 606 g/mol. The summed E-state index contributed by atoms with van der Waals surface area (Å²) in [6.45, 7) is 3.01. The number of hydrogen-bond donors (Lipinski definition) is 2. The van der Waals surface area contributed by atoms with Crippen molar-refractivity contribution in [1.82, 2.24) is 4.98 Å². The number of nitrogens with zero attached hydrogens (tertiary/aromatic N) is 1. The van der Waals surface area contributed by atoms with Gasteiger partial charge in [-0.1, -0.05) is 53.9 Å². The first-order chi connectivity index (χ1) is 20.1. The van der Waals surface area contributed by atoms with Gasteiger partial charge >= 0.3 is 5.97 Å². The Morgan fingerprint density at radius 2 is 1.80 bits per heavy atom. The molecule has 0 bridgehead atoms. The summed E-state index contributed by atoms with van der Waals surface area (Å²) >= 11 is 9.60. The number of morpholine rings is 1. The van der Waals surface area contributed by atoms with Gasteiger partial charge in [-0.25, -0.2) is 4.79 Å². The predicted molar refractivity (Wildman–Crippen MR) is 165 cm³/mol. The smallest absolute Gasteiger partial charge is 0.338 e. The highest BCUT2D eigenvalue weighted by Gasteiger charge is 2.23. The molecule has 1 fully saturated rings. The normalized spacial score (nSPS) is 15.0. The Hall–Kier alpha value is -3.37. The van der Waals surface area contributed by atoms with Gasteiger partial charge in [0.25, 0.3) is 0 Å². The highest BCUT2D eigenvalue weighted by molar-refractivity contribution is 8.05. The number of ether oxygens (including phenoxy) is 2. The fraction of sp³-hybridized carbons (Fsp3) is 0.226. The number of fused-ring (bicyclic) bond motifs is 2. The summed E-state index contributed by atoms with van der Waals surface area (Å²) in [6, 6.07) is 24.8. The number of alkyl halides is 1. The summed E-state index contributed by atoms with van der Waals surface area (Å²) in [7, 11) is 0. The van der Waals surface area contributed by atoms with E-state index < -0.39 is 0 Å². The van der Waals surface area contributed by atoms with Gasteiger partial charge in [0.1, 0.15) is 6.61 Å². The van der Waals surface area contributed by atoms with E-state index in [2.05, 4.69) is 45.5 Å². The van der Waals surface area contributed by atoms with Crippen LogP contribution in [0.4, 0.5) is 11.4 Å². The standard InChI is InChI=1S/C31H28ClN3O4S2/c32-18-22(19-39-31(37)20-5-2-1-3-6-20)33-21-9-10-26-28(15-21)40-27-8-4-7-24(30(27)41-26)25-16-23(17-29(36)34-25)35-11-13-38-14-12-35/h1-10,15-17,22,33H,11-14,18-19H2,(H,34,36). The molecule has 3 aromatic carbocycles. The minimum absolute atomic E-state index is 0.116. The number of rotatable bonds is 8. The second-order valence-electron chi connectivity index (χ2n) is 9.67. The quantitative estimate of drug-likeness (QED) is 0.156. The van der Waals surface area contributed by atoms with E-state index in [0.29, 0.717) is 18.8 Å². The van der Waals surface area contributed by atoms with Gasteiger partial charge in [-0.15, -0.1) is 11.6 Å². The molecule has 10 heteroatoms. The van der Waals surface area contributed by atoms with Crippen molar-refractivity contribution in [3.05, 3.63) is 94.8 Å². The number of aromatic nitrogens is 1. The maximum Gasteiger partial charge on any atom is 0.338 e. The lowest BCUT2D eigenvalue weighted by Gasteiger charge is -2.29. The van der Waals surface area contributed by atoms with Crippen LogP contribution in [0.5, 0.6) is 0 Å². The number of hydrogen-bond acceptors (Lipinski definition) is 8. The average Bonchev–Trinajstić information content (AvgIpc) is 3.02. The molecule has 1 unspecified atom stereocenters. The molecule has 2 aliphatic rings. The van der Waals surface area contributed by atoms with E-state index in [1.165, 1.54) is 0 Å². The number of esters is 1. The molecule has 1 saturated heterocycles. The van der Waals surface area contributed by atoms with E-state index in [4.69, 9.17) is 21.1 Å². The van der Waals surface area contributed by atoms with Crippen molar-refractivity contribution in [3.63, 3.8) is 0 Å². The van der Waals surface area contributed by atoms with E-state index in [1.54, 1.807) is 53.9 Å². The first-order valence-electron chi connectivity index (χ1n) is 13.3. The molecular weight excluding hydrogens is 578 g/mol. The van der Waals surface area contributed by atoms with Crippen LogP contribution in [0, 0.1) is 0 Å². The molecule has 41 heavy (non-hydrogen) atoms. The summed E-state index contributed by atoms with van der Waals surface area (Å²) < 4.78 is 11.0. The summed E-state index contributed by atoms with van der Waals surface area (Å²) in [5.74, 6) is -0.0845. The van der Waals surface area contributed by atoms with Crippen LogP contribution in [0.25, 0.3) is 11.3 Å². The van der Waals surface area contributed by atoms with Crippen LogP contribution in [-0.2, 0) is 9.47 Å². The molecule has 4 aromatic rings. The Morgan fingerprint density at radius 3 is 2.61 bits per heavy atom. The van der Waals surface area contributed by atoms with E-state index in [-0.39, 0.29) is 30.1 Å². The second kappa shape index (κ2) is 12.7. The van der Waals surface area contributed by atoms with E-state index in [9.17, 15) is 9.59 Å². The Balaban J connectivity index is 1.18. The lowest BCUT2D eigenvalue weighted by Crippen LogP contribution is -2.36. The molecule has 0 spiro atoms. The fourth-order valence-corrected chi connectivity index (χ4v) is 7.36. The minimum Gasteiger partial charge on any atom is -0.460 e. The number of aromatic amines is 1. The van der Waals surface area contributed by atoms with Gasteiger partial charge in [0.2, 0.25) is 5.56 Å².